The Bertz CT molecular complexity index is 255. The second kappa shape index (κ2) is 4.55. The summed E-state index contributed by atoms with van der Waals surface area (Å²) in [5.74, 6) is -2.31. The van der Waals surface area contributed by atoms with Gasteiger partial charge in [0.15, 0.2) is 0 Å². The van der Waals surface area contributed by atoms with Gasteiger partial charge in [-0.1, -0.05) is 0 Å². The fourth-order valence-electron chi connectivity index (χ4n) is 0.204. The molecule has 11 heavy (non-hydrogen) atoms. The monoisotopic (exact) mass is 295 g/mol. The van der Waals surface area contributed by atoms with Gasteiger partial charge < -0.3 is 9.11 Å². The van der Waals surface area contributed by atoms with E-state index in [1.165, 1.54) is 0 Å². The zero-order valence-electron chi connectivity index (χ0n) is 4.98. The zero-order valence-corrected chi connectivity index (χ0v) is 8.10. The van der Waals surface area contributed by atoms with Crippen LogP contribution in [0.4, 0.5) is 0 Å². The quantitative estimate of drug-likeness (QED) is 0.443. The predicted molar refractivity (Wildman–Crippen MR) is 29.1 cm³/mol. The summed E-state index contributed by atoms with van der Waals surface area (Å²) in [6.07, 6.45) is 0. The zero-order chi connectivity index (χ0) is 8.41. The summed E-state index contributed by atoms with van der Waals surface area (Å²) in [7, 11) is -9.17. The average molecular weight is 296 g/mol. The van der Waals surface area contributed by atoms with E-state index >= 15 is 0 Å². The summed E-state index contributed by atoms with van der Waals surface area (Å²) in [6.45, 7) is 0. The molecule has 0 fully saturated rings. The van der Waals surface area contributed by atoms with Gasteiger partial charge in [0, 0.05) is 22.4 Å². The third kappa shape index (κ3) is 13.5. The second-order valence-electron chi connectivity index (χ2n) is 1.52. The largest absolute Gasteiger partial charge is 0.748 e. The fraction of sp³-hybridized carbons (Fsp3) is 1.00. The Morgan fingerprint density at radius 1 is 0.818 bits per heavy atom. The molecule has 0 aliphatic heterocycles. The molecule has 0 aromatic heterocycles. The van der Waals surface area contributed by atoms with Crippen LogP contribution in [0.1, 0.15) is 0 Å². The topological polar surface area (TPSA) is 114 Å². The van der Waals surface area contributed by atoms with Crippen LogP contribution in [0.25, 0.3) is 0 Å². The summed E-state index contributed by atoms with van der Waals surface area (Å²) in [6, 6.07) is 0. The van der Waals surface area contributed by atoms with Crippen LogP contribution >= 0.6 is 0 Å². The molecule has 0 unspecified atom stereocenters. The predicted octanol–water partition coefficient (Wildman–Crippen LogP) is -1.93. The Kier molecular flexibility index (Phi) is 5.84. The maximum atomic E-state index is 9.72. The smallest absolute Gasteiger partial charge is 0.0955 e. The van der Waals surface area contributed by atoms with Crippen molar-refractivity contribution < 1.29 is 48.3 Å². The van der Waals surface area contributed by atoms with Crippen molar-refractivity contribution in [2.75, 3.05) is 11.5 Å². The molecular weight excluding hydrogens is 292 g/mol. The average Bonchev–Trinajstić information content (AvgIpc) is 1.57. The van der Waals surface area contributed by atoms with Crippen molar-refractivity contribution >= 4 is 20.2 Å². The SMILES string of the molecule is O=S(=O)([O-])CCS(=O)(=O)[O-].[Ag]. The minimum Gasteiger partial charge on any atom is -0.748 e. The summed E-state index contributed by atoms with van der Waals surface area (Å²) in [5.41, 5.74) is 0. The normalized spacial score (nSPS) is 12.2. The van der Waals surface area contributed by atoms with E-state index in [1.54, 1.807) is 0 Å². The molecule has 0 amide bonds. The molecule has 9 heteroatoms. The first-order valence-corrected chi connectivity index (χ1v) is 5.23. The van der Waals surface area contributed by atoms with Crippen LogP contribution in [0, 0.1) is 0 Å². The van der Waals surface area contributed by atoms with Crippen LogP contribution in [-0.4, -0.2) is 37.4 Å². The molecule has 6 nitrogen and oxygen atoms in total. The molecular formula is C2H4AgO6S2-2. The third-order valence-corrected chi connectivity index (χ3v) is 2.25. The van der Waals surface area contributed by atoms with Crippen LogP contribution in [0.15, 0.2) is 0 Å². The molecule has 0 rings (SSSR count). The molecule has 0 spiro atoms. The Labute approximate surface area is 80.0 Å². The summed E-state index contributed by atoms with van der Waals surface area (Å²) >= 11 is 0. The maximum Gasteiger partial charge on any atom is 0.0955 e. The molecule has 0 atom stereocenters. The Morgan fingerprint density at radius 3 is 1.09 bits per heavy atom. The number of hydrogen-bond donors (Lipinski definition) is 0. The van der Waals surface area contributed by atoms with Crippen LogP contribution in [-0.2, 0) is 42.6 Å². The van der Waals surface area contributed by atoms with Gasteiger partial charge >= 0.3 is 0 Å². The molecule has 0 aliphatic carbocycles. The van der Waals surface area contributed by atoms with Gasteiger partial charge in [0.1, 0.15) is 0 Å². The van der Waals surface area contributed by atoms with E-state index in [-0.39, 0.29) is 22.4 Å². The standard InChI is InChI=1S/C2H6O6S2.Ag/c3-9(4,5)1-2-10(6,7)8;/h1-2H2,(H,3,4,5)(H,6,7,8);/p-2. The fourth-order valence-corrected chi connectivity index (χ4v) is 1.84. The van der Waals surface area contributed by atoms with Crippen molar-refractivity contribution in [3.63, 3.8) is 0 Å². The van der Waals surface area contributed by atoms with Crippen molar-refractivity contribution in [2.45, 2.75) is 0 Å². The third-order valence-electron chi connectivity index (χ3n) is 0.583. The summed E-state index contributed by atoms with van der Waals surface area (Å²) in [4.78, 5) is 0. The van der Waals surface area contributed by atoms with E-state index in [0.717, 1.165) is 0 Å². The molecule has 0 aliphatic rings. The summed E-state index contributed by atoms with van der Waals surface area (Å²) in [5, 5.41) is 0. The van der Waals surface area contributed by atoms with Gasteiger partial charge in [0.25, 0.3) is 0 Å². The molecule has 0 bridgehead atoms. The van der Waals surface area contributed by atoms with Crippen molar-refractivity contribution in [2.24, 2.45) is 0 Å². The first-order chi connectivity index (χ1) is 4.21. The number of rotatable bonds is 3. The Morgan fingerprint density at radius 2 is 1.00 bits per heavy atom. The van der Waals surface area contributed by atoms with Crippen LogP contribution in [0.3, 0.4) is 0 Å². The van der Waals surface area contributed by atoms with E-state index in [0.29, 0.717) is 0 Å². The van der Waals surface area contributed by atoms with Gasteiger partial charge in [-0.05, 0) is 0 Å². The molecule has 0 N–H and O–H groups in total. The van der Waals surface area contributed by atoms with Crippen LogP contribution in [0.5, 0.6) is 0 Å². The van der Waals surface area contributed by atoms with E-state index in [9.17, 15) is 25.9 Å². The van der Waals surface area contributed by atoms with Gasteiger partial charge in [-0.2, -0.15) is 0 Å². The van der Waals surface area contributed by atoms with E-state index in [4.69, 9.17) is 0 Å². The van der Waals surface area contributed by atoms with E-state index in [2.05, 4.69) is 0 Å². The molecule has 0 aromatic carbocycles. The van der Waals surface area contributed by atoms with E-state index in [1.807, 2.05) is 0 Å². The molecule has 0 heterocycles. The molecule has 73 valence electrons. The summed E-state index contributed by atoms with van der Waals surface area (Å²) < 4.78 is 58.3. The van der Waals surface area contributed by atoms with Crippen molar-refractivity contribution in [3.8, 4) is 0 Å². The van der Waals surface area contributed by atoms with Gasteiger partial charge in [-0.25, -0.2) is 16.8 Å². The minimum absolute atomic E-state index is 0. The van der Waals surface area contributed by atoms with Gasteiger partial charge in [-0.3, -0.25) is 0 Å². The minimum atomic E-state index is -4.59. The van der Waals surface area contributed by atoms with Gasteiger partial charge in [-0.15, -0.1) is 0 Å². The Hall–Kier alpha value is 0.560. The van der Waals surface area contributed by atoms with Crippen LogP contribution in [0.2, 0.25) is 0 Å². The van der Waals surface area contributed by atoms with Gasteiger partial charge in [0.05, 0.1) is 31.7 Å². The molecule has 0 saturated heterocycles. The molecule has 0 aromatic rings. The molecule has 1 radical (unpaired) electrons. The van der Waals surface area contributed by atoms with Crippen molar-refractivity contribution in [1.82, 2.24) is 0 Å². The second-order valence-corrected chi connectivity index (χ2v) is 4.57. The van der Waals surface area contributed by atoms with Crippen LogP contribution < -0.4 is 0 Å². The van der Waals surface area contributed by atoms with E-state index < -0.39 is 31.7 Å². The first-order valence-electron chi connectivity index (χ1n) is 2.08. The van der Waals surface area contributed by atoms with Crippen molar-refractivity contribution in [1.29, 1.82) is 0 Å². The van der Waals surface area contributed by atoms with Crippen molar-refractivity contribution in [3.05, 3.63) is 0 Å². The maximum absolute atomic E-state index is 9.72. The first kappa shape index (κ1) is 14.1. The number of hydrogen-bond acceptors (Lipinski definition) is 6. The molecule has 0 saturated carbocycles. The Balaban J connectivity index is 0. The van der Waals surface area contributed by atoms with Gasteiger partial charge in [0.2, 0.25) is 0 Å².